The van der Waals surface area contributed by atoms with Gasteiger partial charge in [0.2, 0.25) is 11.7 Å². The molecule has 0 aliphatic rings. The van der Waals surface area contributed by atoms with Crippen molar-refractivity contribution in [2.24, 2.45) is 0 Å². The van der Waals surface area contributed by atoms with Gasteiger partial charge in [-0.25, -0.2) is 0 Å². The van der Waals surface area contributed by atoms with Crippen LogP contribution < -0.4 is 5.32 Å². The molecule has 0 fully saturated rings. The lowest BCUT2D eigenvalue weighted by Crippen LogP contribution is -2.13. The lowest BCUT2D eigenvalue weighted by molar-refractivity contribution is -0.115. The molecular formula is C21H16Cl2N4O2S. The van der Waals surface area contributed by atoms with E-state index >= 15 is 0 Å². The van der Waals surface area contributed by atoms with Gasteiger partial charge < -0.3 is 9.73 Å². The number of anilines is 1. The van der Waals surface area contributed by atoms with E-state index in [9.17, 15) is 4.79 Å². The Hall–Kier alpha value is -2.74. The molecule has 30 heavy (non-hydrogen) atoms. The fourth-order valence-electron chi connectivity index (χ4n) is 2.79. The summed E-state index contributed by atoms with van der Waals surface area (Å²) >= 11 is 13.6. The van der Waals surface area contributed by atoms with Crippen LogP contribution in [0, 0.1) is 0 Å². The van der Waals surface area contributed by atoms with Gasteiger partial charge in [-0.15, -0.1) is 10.2 Å². The minimum Gasteiger partial charge on any atom is -0.461 e. The maximum atomic E-state index is 12.4. The van der Waals surface area contributed by atoms with Gasteiger partial charge in [0.25, 0.3) is 0 Å². The molecule has 0 aliphatic heterocycles. The van der Waals surface area contributed by atoms with Gasteiger partial charge in [0.15, 0.2) is 10.9 Å². The topological polar surface area (TPSA) is 73.0 Å². The van der Waals surface area contributed by atoms with Crippen LogP contribution in [0.1, 0.15) is 6.42 Å². The molecule has 152 valence electrons. The second kappa shape index (κ2) is 9.38. The van der Waals surface area contributed by atoms with E-state index in [4.69, 9.17) is 27.6 Å². The number of hydrogen-bond donors (Lipinski definition) is 1. The van der Waals surface area contributed by atoms with Crippen LogP contribution in [-0.2, 0) is 4.79 Å². The fraction of sp³-hybridized carbons (Fsp3) is 0.0952. The second-order valence-electron chi connectivity index (χ2n) is 6.20. The Morgan fingerprint density at radius 1 is 1.00 bits per heavy atom. The van der Waals surface area contributed by atoms with Crippen molar-refractivity contribution in [3.63, 3.8) is 0 Å². The normalized spacial score (nSPS) is 10.9. The number of thioether (sulfide) groups is 1. The summed E-state index contributed by atoms with van der Waals surface area (Å²) in [6.07, 6.45) is 1.85. The van der Waals surface area contributed by atoms with E-state index < -0.39 is 0 Å². The monoisotopic (exact) mass is 458 g/mol. The van der Waals surface area contributed by atoms with Gasteiger partial charge in [0.1, 0.15) is 0 Å². The third-order valence-electron chi connectivity index (χ3n) is 4.18. The minimum absolute atomic E-state index is 0.186. The second-order valence-corrected chi connectivity index (χ2v) is 8.07. The molecular weight excluding hydrogens is 443 g/mol. The predicted molar refractivity (Wildman–Crippen MR) is 119 cm³/mol. The summed E-state index contributed by atoms with van der Waals surface area (Å²) in [6.45, 7) is 0. The predicted octanol–water partition coefficient (Wildman–Crippen LogP) is 5.96. The van der Waals surface area contributed by atoms with Gasteiger partial charge in [-0.3, -0.25) is 9.36 Å². The van der Waals surface area contributed by atoms with E-state index in [1.807, 2.05) is 41.0 Å². The molecule has 2 aromatic carbocycles. The van der Waals surface area contributed by atoms with E-state index in [1.54, 1.807) is 30.5 Å². The number of halogens is 2. The van der Waals surface area contributed by atoms with Crippen molar-refractivity contribution in [1.82, 2.24) is 14.8 Å². The number of rotatable bonds is 7. The third-order valence-corrected chi connectivity index (χ3v) is 5.74. The summed E-state index contributed by atoms with van der Waals surface area (Å²) in [5, 5.41) is 12.8. The zero-order chi connectivity index (χ0) is 20.9. The van der Waals surface area contributed by atoms with Crippen molar-refractivity contribution in [1.29, 1.82) is 0 Å². The Labute approximate surface area is 187 Å². The Morgan fingerprint density at radius 3 is 2.47 bits per heavy atom. The fourth-order valence-corrected chi connectivity index (χ4v) is 4.17. The number of carbonyl (C=O) groups is 1. The van der Waals surface area contributed by atoms with E-state index in [2.05, 4.69) is 15.5 Å². The third kappa shape index (κ3) is 4.53. The van der Waals surface area contributed by atoms with E-state index in [0.29, 0.717) is 38.2 Å². The van der Waals surface area contributed by atoms with Crippen molar-refractivity contribution >= 4 is 46.6 Å². The molecule has 1 amide bonds. The van der Waals surface area contributed by atoms with Crippen molar-refractivity contribution in [3.8, 4) is 17.3 Å². The molecule has 0 saturated carbocycles. The molecule has 0 saturated heterocycles. The molecule has 0 spiro atoms. The van der Waals surface area contributed by atoms with Crippen LogP contribution >= 0.6 is 35.0 Å². The summed E-state index contributed by atoms with van der Waals surface area (Å²) in [5.41, 5.74) is 1.33. The highest BCUT2D eigenvalue weighted by Crippen LogP contribution is 2.31. The lowest BCUT2D eigenvalue weighted by Gasteiger charge is -2.10. The summed E-state index contributed by atoms with van der Waals surface area (Å²) < 4.78 is 7.41. The minimum atomic E-state index is -0.186. The summed E-state index contributed by atoms with van der Waals surface area (Å²) in [6, 6.07) is 18.5. The Balaban J connectivity index is 1.48. The zero-order valence-corrected chi connectivity index (χ0v) is 17.9. The number of amides is 1. The van der Waals surface area contributed by atoms with Gasteiger partial charge in [-0.1, -0.05) is 59.2 Å². The number of hydrogen-bond acceptors (Lipinski definition) is 5. The first-order valence-corrected chi connectivity index (χ1v) is 10.8. The molecule has 9 heteroatoms. The number of furan rings is 1. The first-order chi connectivity index (χ1) is 14.6. The van der Waals surface area contributed by atoms with Crippen molar-refractivity contribution in [2.45, 2.75) is 11.6 Å². The summed E-state index contributed by atoms with van der Waals surface area (Å²) in [4.78, 5) is 12.4. The van der Waals surface area contributed by atoms with Crippen LogP contribution in [0.4, 0.5) is 5.69 Å². The van der Waals surface area contributed by atoms with Gasteiger partial charge >= 0.3 is 0 Å². The smallest absolute Gasteiger partial charge is 0.225 e. The van der Waals surface area contributed by atoms with Gasteiger partial charge in [0.05, 0.1) is 22.0 Å². The van der Waals surface area contributed by atoms with Crippen LogP contribution in [0.3, 0.4) is 0 Å². The Bertz CT molecular complexity index is 1130. The number of aromatic nitrogens is 3. The highest BCUT2D eigenvalue weighted by molar-refractivity contribution is 7.99. The molecule has 4 aromatic rings. The molecule has 0 atom stereocenters. The molecule has 2 aromatic heterocycles. The Morgan fingerprint density at radius 2 is 1.77 bits per heavy atom. The van der Waals surface area contributed by atoms with E-state index in [0.717, 1.165) is 5.69 Å². The van der Waals surface area contributed by atoms with Crippen LogP contribution in [0.2, 0.25) is 10.0 Å². The molecule has 2 heterocycles. The average Bonchev–Trinajstić information content (AvgIpc) is 3.41. The van der Waals surface area contributed by atoms with Gasteiger partial charge in [-0.2, -0.15) is 0 Å². The molecule has 6 nitrogen and oxygen atoms in total. The van der Waals surface area contributed by atoms with Crippen molar-refractivity contribution in [3.05, 3.63) is 77.0 Å². The van der Waals surface area contributed by atoms with Crippen LogP contribution in [-0.4, -0.2) is 26.4 Å². The van der Waals surface area contributed by atoms with Crippen LogP contribution in [0.5, 0.6) is 0 Å². The van der Waals surface area contributed by atoms with Crippen LogP contribution in [0.15, 0.2) is 76.5 Å². The molecule has 0 radical (unpaired) electrons. The maximum Gasteiger partial charge on any atom is 0.225 e. The van der Waals surface area contributed by atoms with Crippen LogP contribution in [0.25, 0.3) is 17.3 Å². The molecule has 0 aliphatic carbocycles. The number of carbonyl (C=O) groups excluding carboxylic acids is 1. The number of benzene rings is 2. The molecule has 4 rings (SSSR count). The standard InChI is InChI=1S/C21H16Cl2N4O2S/c22-15-8-4-9-16(23)19(15)24-18(28)11-13-30-21-26-25-20(17-10-5-12-29-17)27(21)14-6-2-1-3-7-14/h1-10,12H,11,13H2,(H,24,28). The highest BCUT2D eigenvalue weighted by atomic mass is 35.5. The zero-order valence-electron chi connectivity index (χ0n) is 15.6. The number of para-hydroxylation sites is 2. The van der Waals surface area contributed by atoms with Crippen molar-refractivity contribution < 1.29 is 9.21 Å². The largest absolute Gasteiger partial charge is 0.461 e. The SMILES string of the molecule is O=C(CCSc1nnc(-c2ccco2)n1-c1ccccc1)Nc1c(Cl)cccc1Cl. The quantitative estimate of drug-likeness (QED) is 0.346. The van der Waals surface area contributed by atoms with E-state index in [-0.39, 0.29) is 12.3 Å². The van der Waals surface area contributed by atoms with E-state index in [1.165, 1.54) is 11.8 Å². The van der Waals surface area contributed by atoms with Gasteiger partial charge in [-0.05, 0) is 36.4 Å². The summed E-state index contributed by atoms with van der Waals surface area (Å²) in [5.74, 6) is 1.52. The Kier molecular flexibility index (Phi) is 6.42. The molecule has 0 unspecified atom stereocenters. The molecule has 1 N–H and O–H groups in total. The molecule has 0 bridgehead atoms. The first-order valence-electron chi connectivity index (χ1n) is 9.05. The lowest BCUT2D eigenvalue weighted by atomic mass is 10.3. The number of nitrogens with one attached hydrogen (secondary N) is 1. The average molecular weight is 459 g/mol. The van der Waals surface area contributed by atoms with Crippen molar-refractivity contribution in [2.75, 3.05) is 11.1 Å². The number of nitrogens with zero attached hydrogens (tertiary/aromatic N) is 3. The highest BCUT2D eigenvalue weighted by Gasteiger charge is 2.18. The summed E-state index contributed by atoms with van der Waals surface area (Å²) in [7, 11) is 0. The first kappa shape index (κ1) is 20.5. The maximum absolute atomic E-state index is 12.4. The van der Waals surface area contributed by atoms with Gasteiger partial charge in [0, 0.05) is 17.9 Å².